The standard InChI is InChI=1S/C23H26N4O2/c1-16-5-4-14-27(16)23(28)19-8-7-17(21(15-19)29-2)6-3-13-26-20-11-9-18(10-12-20)22(24)25/h7-12,15-16,26H,4-5,13-14H2,1-2H3,(H3,24,25). The van der Waals surface area contributed by atoms with Gasteiger partial charge >= 0.3 is 0 Å². The molecular weight excluding hydrogens is 364 g/mol. The highest BCUT2D eigenvalue weighted by atomic mass is 16.5. The maximum absolute atomic E-state index is 12.7. The van der Waals surface area contributed by atoms with Crippen LogP contribution in [0.25, 0.3) is 0 Å². The third-order valence-electron chi connectivity index (χ3n) is 5.06. The molecule has 1 atom stereocenters. The zero-order chi connectivity index (χ0) is 20.8. The molecule has 1 aliphatic heterocycles. The first-order valence-corrected chi connectivity index (χ1v) is 9.66. The van der Waals surface area contributed by atoms with Crippen LogP contribution in [0.2, 0.25) is 0 Å². The van der Waals surface area contributed by atoms with Gasteiger partial charge in [-0.3, -0.25) is 10.2 Å². The van der Waals surface area contributed by atoms with Crippen molar-refractivity contribution in [1.29, 1.82) is 5.41 Å². The minimum atomic E-state index is 0.0449. The fraction of sp³-hybridized carbons (Fsp3) is 0.304. The van der Waals surface area contributed by atoms with Gasteiger partial charge in [0.1, 0.15) is 11.6 Å². The van der Waals surface area contributed by atoms with Gasteiger partial charge in [0.15, 0.2) is 0 Å². The average Bonchev–Trinajstić information content (AvgIpc) is 3.16. The number of nitrogens with two attached hydrogens (primary N) is 1. The van der Waals surface area contributed by atoms with Crippen molar-refractivity contribution in [2.75, 3.05) is 25.5 Å². The molecule has 0 aromatic heterocycles. The number of carbonyl (C=O) groups excluding carboxylic acids is 1. The van der Waals surface area contributed by atoms with Crippen molar-refractivity contribution in [2.45, 2.75) is 25.8 Å². The highest BCUT2D eigenvalue weighted by molar-refractivity contribution is 5.95. The lowest BCUT2D eigenvalue weighted by Crippen LogP contribution is -2.33. The maximum atomic E-state index is 12.7. The maximum Gasteiger partial charge on any atom is 0.254 e. The number of benzene rings is 2. The molecule has 2 aromatic carbocycles. The summed E-state index contributed by atoms with van der Waals surface area (Å²) in [5.74, 6) is 6.85. The number of amides is 1. The largest absolute Gasteiger partial charge is 0.495 e. The van der Waals surface area contributed by atoms with Gasteiger partial charge in [-0.05, 0) is 62.2 Å². The van der Waals surface area contributed by atoms with E-state index >= 15 is 0 Å². The first kappa shape index (κ1) is 20.3. The lowest BCUT2D eigenvalue weighted by molar-refractivity contribution is 0.0747. The molecule has 29 heavy (non-hydrogen) atoms. The van der Waals surface area contributed by atoms with E-state index in [4.69, 9.17) is 15.9 Å². The number of rotatable bonds is 5. The van der Waals surface area contributed by atoms with Crippen LogP contribution >= 0.6 is 0 Å². The van der Waals surface area contributed by atoms with Gasteiger partial charge in [0, 0.05) is 29.4 Å². The molecule has 1 fully saturated rings. The van der Waals surface area contributed by atoms with Gasteiger partial charge < -0.3 is 20.7 Å². The van der Waals surface area contributed by atoms with Crippen molar-refractivity contribution >= 4 is 17.4 Å². The predicted molar refractivity (Wildman–Crippen MR) is 116 cm³/mol. The Morgan fingerprint density at radius 1 is 1.28 bits per heavy atom. The third kappa shape index (κ3) is 4.88. The van der Waals surface area contributed by atoms with Crippen molar-refractivity contribution in [3.8, 4) is 17.6 Å². The Morgan fingerprint density at radius 3 is 2.62 bits per heavy atom. The van der Waals surface area contributed by atoms with Crippen LogP contribution in [0.3, 0.4) is 0 Å². The zero-order valence-electron chi connectivity index (χ0n) is 16.8. The zero-order valence-corrected chi connectivity index (χ0v) is 16.8. The van der Waals surface area contributed by atoms with Crippen molar-refractivity contribution in [2.24, 2.45) is 5.73 Å². The number of anilines is 1. The van der Waals surface area contributed by atoms with E-state index in [-0.39, 0.29) is 17.8 Å². The smallest absolute Gasteiger partial charge is 0.254 e. The Bertz CT molecular complexity index is 957. The van der Waals surface area contributed by atoms with Crippen LogP contribution in [0.15, 0.2) is 42.5 Å². The fourth-order valence-corrected chi connectivity index (χ4v) is 3.38. The van der Waals surface area contributed by atoms with Gasteiger partial charge in [-0.2, -0.15) is 0 Å². The van der Waals surface area contributed by atoms with Gasteiger partial charge in [0.05, 0.1) is 19.2 Å². The molecule has 0 radical (unpaired) electrons. The highest BCUT2D eigenvalue weighted by Gasteiger charge is 2.26. The van der Waals surface area contributed by atoms with Crippen LogP contribution in [0.4, 0.5) is 5.69 Å². The van der Waals surface area contributed by atoms with Crippen LogP contribution in [0, 0.1) is 17.3 Å². The molecule has 1 amide bonds. The van der Waals surface area contributed by atoms with Gasteiger partial charge in [-0.1, -0.05) is 11.8 Å². The Morgan fingerprint density at radius 2 is 2.00 bits per heavy atom. The second-order valence-electron chi connectivity index (χ2n) is 7.05. The second kappa shape index (κ2) is 9.16. The molecular formula is C23H26N4O2. The summed E-state index contributed by atoms with van der Waals surface area (Å²) in [5.41, 5.74) is 8.41. The van der Waals surface area contributed by atoms with E-state index in [1.165, 1.54) is 0 Å². The second-order valence-corrected chi connectivity index (χ2v) is 7.05. The topological polar surface area (TPSA) is 91.4 Å². The number of ether oxygens (including phenoxy) is 1. The average molecular weight is 390 g/mol. The van der Waals surface area contributed by atoms with Crippen LogP contribution in [-0.2, 0) is 0 Å². The number of amidine groups is 1. The Labute approximate surface area is 171 Å². The van der Waals surface area contributed by atoms with E-state index in [1.54, 1.807) is 25.3 Å². The Hall–Kier alpha value is -3.46. The third-order valence-corrected chi connectivity index (χ3v) is 5.06. The molecule has 0 saturated carbocycles. The molecule has 1 aliphatic rings. The summed E-state index contributed by atoms with van der Waals surface area (Å²) in [6.45, 7) is 3.35. The molecule has 4 N–H and O–H groups in total. The summed E-state index contributed by atoms with van der Waals surface area (Å²) in [5, 5.41) is 10.6. The number of nitrogens with zero attached hydrogens (tertiary/aromatic N) is 1. The Kier molecular flexibility index (Phi) is 6.40. The molecule has 3 rings (SSSR count). The number of hydrogen-bond acceptors (Lipinski definition) is 4. The van der Waals surface area contributed by atoms with E-state index in [9.17, 15) is 4.79 Å². The van der Waals surface area contributed by atoms with Crippen LogP contribution in [0.5, 0.6) is 5.75 Å². The number of likely N-dealkylation sites (tertiary alicyclic amines) is 1. The van der Waals surface area contributed by atoms with Crippen molar-refractivity contribution in [3.63, 3.8) is 0 Å². The van der Waals surface area contributed by atoms with E-state index in [1.807, 2.05) is 29.2 Å². The monoisotopic (exact) mass is 390 g/mol. The lowest BCUT2D eigenvalue weighted by atomic mass is 10.1. The van der Waals surface area contributed by atoms with E-state index in [2.05, 4.69) is 24.1 Å². The SMILES string of the molecule is COc1cc(C(=O)N2CCCC2C)ccc1C#CCNc1ccc(C(=N)N)cc1. The molecule has 0 aliphatic carbocycles. The summed E-state index contributed by atoms with van der Waals surface area (Å²) in [7, 11) is 1.59. The predicted octanol–water partition coefficient (Wildman–Crippen LogP) is 3.07. The normalized spacial score (nSPS) is 15.4. The van der Waals surface area contributed by atoms with E-state index in [0.29, 0.717) is 23.4 Å². The van der Waals surface area contributed by atoms with Crippen LogP contribution in [0.1, 0.15) is 41.3 Å². The number of carbonyl (C=O) groups is 1. The van der Waals surface area contributed by atoms with Crippen LogP contribution < -0.4 is 15.8 Å². The van der Waals surface area contributed by atoms with Gasteiger partial charge in [-0.25, -0.2) is 0 Å². The molecule has 6 heteroatoms. The summed E-state index contributed by atoms with van der Waals surface area (Å²) in [4.78, 5) is 14.6. The number of methoxy groups -OCH3 is 1. The summed E-state index contributed by atoms with van der Waals surface area (Å²) >= 11 is 0. The number of hydrogen-bond donors (Lipinski definition) is 3. The lowest BCUT2D eigenvalue weighted by Gasteiger charge is -2.21. The van der Waals surface area contributed by atoms with Crippen molar-refractivity contribution < 1.29 is 9.53 Å². The van der Waals surface area contributed by atoms with Gasteiger partial charge in [-0.15, -0.1) is 0 Å². The van der Waals surface area contributed by atoms with Crippen LogP contribution in [-0.4, -0.2) is 42.9 Å². The molecule has 0 spiro atoms. The first-order valence-electron chi connectivity index (χ1n) is 9.66. The fourth-order valence-electron chi connectivity index (χ4n) is 3.38. The number of nitrogens with one attached hydrogen (secondary N) is 2. The molecule has 1 heterocycles. The first-order chi connectivity index (χ1) is 14.0. The van der Waals surface area contributed by atoms with Gasteiger partial charge in [0.2, 0.25) is 0 Å². The Balaban J connectivity index is 1.65. The minimum absolute atomic E-state index is 0.0449. The summed E-state index contributed by atoms with van der Waals surface area (Å²) in [6.07, 6.45) is 2.11. The molecule has 0 bridgehead atoms. The van der Waals surface area contributed by atoms with Gasteiger partial charge in [0.25, 0.3) is 5.91 Å². The molecule has 1 saturated heterocycles. The highest BCUT2D eigenvalue weighted by Crippen LogP contribution is 2.24. The molecule has 2 aromatic rings. The molecule has 150 valence electrons. The summed E-state index contributed by atoms with van der Waals surface area (Å²) in [6, 6.07) is 13.0. The molecule has 6 nitrogen and oxygen atoms in total. The minimum Gasteiger partial charge on any atom is -0.495 e. The van der Waals surface area contributed by atoms with E-state index in [0.717, 1.165) is 30.6 Å². The summed E-state index contributed by atoms with van der Waals surface area (Å²) < 4.78 is 5.45. The van der Waals surface area contributed by atoms with E-state index < -0.39 is 0 Å². The molecule has 1 unspecified atom stereocenters. The van der Waals surface area contributed by atoms with Crippen molar-refractivity contribution in [1.82, 2.24) is 4.90 Å². The van der Waals surface area contributed by atoms with Crippen molar-refractivity contribution in [3.05, 3.63) is 59.2 Å². The quantitative estimate of drug-likeness (QED) is 0.416. The number of nitrogen functional groups attached to an aromatic ring is 1.